The van der Waals surface area contributed by atoms with Gasteiger partial charge in [-0.15, -0.1) is 0 Å². The van der Waals surface area contributed by atoms with Crippen molar-refractivity contribution in [2.75, 3.05) is 38.5 Å². The molecular formula is C15H27F3N2O2S. The first kappa shape index (κ1) is 19.0. The lowest BCUT2D eigenvalue weighted by molar-refractivity contribution is -0.107. The number of likely N-dealkylation sites (tertiary alicyclic amines) is 1. The Morgan fingerprint density at radius 3 is 2.13 bits per heavy atom. The number of hydrogen-bond donors (Lipinski definition) is 0. The Balaban J connectivity index is 1.84. The third-order valence-electron chi connectivity index (χ3n) is 4.85. The summed E-state index contributed by atoms with van der Waals surface area (Å²) in [5, 5.41) is 0. The van der Waals surface area contributed by atoms with Crippen LogP contribution in [-0.2, 0) is 10.0 Å². The first-order chi connectivity index (χ1) is 10.6. The molecule has 2 aliphatic rings. The number of alkyl halides is 3. The minimum absolute atomic E-state index is 0.208. The Morgan fingerprint density at radius 2 is 1.61 bits per heavy atom. The molecule has 0 aliphatic carbocycles. The van der Waals surface area contributed by atoms with Crippen molar-refractivity contribution in [3.8, 4) is 0 Å². The van der Waals surface area contributed by atoms with Crippen LogP contribution in [0, 0.1) is 17.8 Å². The van der Waals surface area contributed by atoms with Gasteiger partial charge in [0.2, 0.25) is 10.0 Å². The van der Waals surface area contributed by atoms with Gasteiger partial charge in [-0.1, -0.05) is 13.8 Å². The lowest BCUT2D eigenvalue weighted by Crippen LogP contribution is -2.40. The molecule has 0 aromatic rings. The molecule has 2 rings (SSSR count). The number of hydrogen-bond acceptors (Lipinski definition) is 3. The largest absolute Gasteiger partial charge is 0.404 e. The lowest BCUT2D eigenvalue weighted by Gasteiger charge is -2.35. The molecule has 136 valence electrons. The summed E-state index contributed by atoms with van der Waals surface area (Å²) in [6.07, 6.45) is -1.94. The maximum Gasteiger partial charge on any atom is 0.404 e. The van der Waals surface area contributed by atoms with Crippen LogP contribution in [0.1, 0.15) is 33.1 Å². The second kappa shape index (κ2) is 7.27. The molecule has 1 atom stereocenters. The summed E-state index contributed by atoms with van der Waals surface area (Å²) in [7, 11) is -4.22. The Hall–Kier alpha value is -0.340. The molecule has 2 saturated heterocycles. The van der Waals surface area contributed by atoms with Gasteiger partial charge in [0.25, 0.3) is 0 Å². The normalized spacial score (nSPS) is 26.3. The molecule has 4 nitrogen and oxygen atoms in total. The smallest absolute Gasteiger partial charge is 0.303 e. The van der Waals surface area contributed by atoms with E-state index in [9.17, 15) is 21.6 Å². The molecule has 0 aromatic heterocycles. The summed E-state index contributed by atoms with van der Waals surface area (Å²) >= 11 is 0. The van der Waals surface area contributed by atoms with Gasteiger partial charge in [-0.2, -0.15) is 13.2 Å². The quantitative estimate of drug-likeness (QED) is 0.760. The Labute approximate surface area is 137 Å². The van der Waals surface area contributed by atoms with Crippen LogP contribution in [0.4, 0.5) is 13.2 Å². The molecular weight excluding hydrogens is 329 g/mol. The average Bonchev–Trinajstić information content (AvgIpc) is 2.86. The summed E-state index contributed by atoms with van der Waals surface area (Å²) in [6, 6.07) is 0. The minimum atomic E-state index is -4.67. The molecule has 0 N–H and O–H groups in total. The molecule has 0 spiro atoms. The van der Waals surface area contributed by atoms with E-state index in [0.717, 1.165) is 36.8 Å². The van der Waals surface area contributed by atoms with E-state index in [4.69, 9.17) is 0 Å². The zero-order chi connectivity index (χ0) is 17.3. The van der Waals surface area contributed by atoms with Crippen LogP contribution >= 0.6 is 0 Å². The van der Waals surface area contributed by atoms with E-state index in [0.29, 0.717) is 18.3 Å². The zero-order valence-electron chi connectivity index (χ0n) is 13.8. The predicted molar refractivity (Wildman–Crippen MR) is 83.5 cm³/mol. The van der Waals surface area contributed by atoms with Crippen LogP contribution in [0.25, 0.3) is 0 Å². The van der Waals surface area contributed by atoms with Gasteiger partial charge in [0.1, 0.15) is 0 Å². The predicted octanol–water partition coefficient (Wildman–Crippen LogP) is 2.57. The van der Waals surface area contributed by atoms with Crippen LogP contribution in [0.5, 0.6) is 0 Å². The van der Waals surface area contributed by atoms with Gasteiger partial charge in [-0.25, -0.2) is 12.7 Å². The third kappa shape index (κ3) is 5.60. The summed E-state index contributed by atoms with van der Waals surface area (Å²) in [4.78, 5) is 2.42. The molecule has 8 heteroatoms. The Bertz CT molecular complexity index is 485. The molecule has 0 amide bonds. The van der Waals surface area contributed by atoms with Crippen molar-refractivity contribution in [3.05, 3.63) is 0 Å². The van der Waals surface area contributed by atoms with Crippen LogP contribution in [0.3, 0.4) is 0 Å². The SMILES string of the molecule is CC(C)CN1CCC([C@@H]2CCN(S(=O)(=O)CC(F)(F)F)C2)CC1. The number of halogens is 3. The monoisotopic (exact) mass is 356 g/mol. The van der Waals surface area contributed by atoms with Crippen LogP contribution in [0.2, 0.25) is 0 Å². The van der Waals surface area contributed by atoms with Crippen molar-refractivity contribution in [2.24, 2.45) is 17.8 Å². The number of piperidine rings is 1. The molecule has 0 unspecified atom stereocenters. The van der Waals surface area contributed by atoms with Crippen molar-refractivity contribution in [3.63, 3.8) is 0 Å². The average molecular weight is 356 g/mol. The van der Waals surface area contributed by atoms with Crippen LogP contribution in [-0.4, -0.2) is 62.3 Å². The first-order valence-electron chi connectivity index (χ1n) is 8.34. The lowest BCUT2D eigenvalue weighted by atomic mass is 9.83. The number of nitrogens with zero attached hydrogens (tertiary/aromatic N) is 2. The van der Waals surface area contributed by atoms with Gasteiger partial charge >= 0.3 is 6.18 Å². The highest BCUT2D eigenvalue weighted by atomic mass is 32.2. The van der Waals surface area contributed by atoms with E-state index in [1.54, 1.807) is 0 Å². The second-order valence-corrected chi connectivity index (χ2v) is 9.28. The molecule has 0 radical (unpaired) electrons. The van der Waals surface area contributed by atoms with Gasteiger partial charge in [0.15, 0.2) is 5.75 Å². The fourth-order valence-electron chi connectivity index (χ4n) is 3.81. The standard InChI is InChI=1S/C15H27F3N2O2S/c1-12(2)9-19-6-3-13(4-7-19)14-5-8-20(10-14)23(21,22)11-15(16,17)18/h12-14H,3-11H2,1-2H3/t14-/m1/s1. The molecule has 0 saturated carbocycles. The fourth-order valence-corrected chi connectivity index (χ4v) is 5.21. The van der Waals surface area contributed by atoms with Gasteiger partial charge in [-0.05, 0) is 50.1 Å². The van der Waals surface area contributed by atoms with E-state index in [1.165, 1.54) is 0 Å². The topological polar surface area (TPSA) is 40.6 Å². The van der Waals surface area contributed by atoms with Crippen molar-refractivity contribution < 1.29 is 21.6 Å². The van der Waals surface area contributed by atoms with Gasteiger partial charge < -0.3 is 4.90 Å². The van der Waals surface area contributed by atoms with E-state index in [2.05, 4.69) is 18.7 Å². The Kier molecular flexibility index (Phi) is 6.00. The maximum atomic E-state index is 12.4. The van der Waals surface area contributed by atoms with Gasteiger partial charge in [-0.3, -0.25) is 0 Å². The minimum Gasteiger partial charge on any atom is -0.303 e. The maximum absolute atomic E-state index is 12.4. The highest BCUT2D eigenvalue weighted by Gasteiger charge is 2.42. The number of sulfonamides is 1. The first-order valence-corrected chi connectivity index (χ1v) is 9.94. The molecule has 2 heterocycles. The summed E-state index contributed by atoms with van der Waals surface area (Å²) in [5.41, 5.74) is 0. The highest BCUT2D eigenvalue weighted by Crippen LogP contribution is 2.34. The molecule has 2 fully saturated rings. The van der Waals surface area contributed by atoms with Crippen molar-refractivity contribution in [1.82, 2.24) is 9.21 Å². The summed E-state index contributed by atoms with van der Waals surface area (Å²) in [6.45, 7) is 7.95. The fraction of sp³-hybridized carbons (Fsp3) is 1.00. The molecule has 0 bridgehead atoms. The van der Waals surface area contributed by atoms with Crippen molar-refractivity contribution in [1.29, 1.82) is 0 Å². The molecule has 2 aliphatic heterocycles. The van der Waals surface area contributed by atoms with Crippen LogP contribution < -0.4 is 0 Å². The van der Waals surface area contributed by atoms with E-state index < -0.39 is 22.0 Å². The highest BCUT2D eigenvalue weighted by molar-refractivity contribution is 7.89. The van der Waals surface area contributed by atoms with Gasteiger partial charge in [0.05, 0.1) is 0 Å². The van der Waals surface area contributed by atoms with E-state index in [-0.39, 0.29) is 19.0 Å². The second-order valence-electron chi connectivity index (χ2n) is 7.31. The number of rotatable bonds is 5. The molecule has 23 heavy (non-hydrogen) atoms. The zero-order valence-corrected chi connectivity index (χ0v) is 14.7. The Morgan fingerprint density at radius 1 is 1.04 bits per heavy atom. The van der Waals surface area contributed by atoms with Crippen molar-refractivity contribution in [2.45, 2.75) is 39.3 Å². The summed E-state index contributed by atoms with van der Waals surface area (Å²) < 4.78 is 61.9. The van der Waals surface area contributed by atoms with Crippen molar-refractivity contribution >= 4 is 10.0 Å². The van der Waals surface area contributed by atoms with Gasteiger partial charge in [0, 0.05) is 19.6 Å². The molecule has 0 aromatic carbocycles. The third-order valence-corrected chi connectivity index (χ3v) is 6.66. The van der Waals surface area contributed by atoms with E-state index in [1.807, 2.05) is 0 Å². The summed E-state index contributed by atoms with van der Waals surface area (Å²) in [5.74, 6) is -0.468. The van der Waals surface area contributed by atoms with E-state index >= 15 is 0 Å². The van der Waals surface area contributed by atoms with Crippen LogP contribution in [0.15, 0.2) is 0 Å².